The lowest BCUT2D eigenvalue weighted by molar-refractivity contribution is -0.254. The van der Waals surface area contributed by atoms with Crippen LogP contribution in [0.3, 0.4) is 0 Å². The van der Waals surface area contributed by atoms with Gasteiger partial charge in [0, 0.05) is 19.1 Å². The fourth-order valence-corrected chi connectivity index (χ4v) is 5.09. The van der Waals surface area contributed by atoms with Crippen LogP contribution in [0.4, 0.5) is 0 Å². The Morgan fingerprint density at radius 3 is 2.19 bits per heavy atom. The van der Waals surface area contributed by atoms with Crippen molar-refractivity contribution in [1.82, 2.24) is 0 Å². The highest BCUT2D eigenvalue weighted by Crippen LogP contribution is 2.42. The van der Waals surface area contributed by atoms with Crippen molar-refractivity contribution in [2.24, 2.45) is 11.8 Å². The fraction of sp³-hybridized carbons (Fsp3) is 1.00. The highest BCUT2D eigenvalue weighted by Gasteiger charge is 2.43. The lowest BCUT2D eigenvalue weighted by Gasteiger charge is -2.37. The number of hydrogen-bond acceptors (Lipinski definition) is 3. The molecule has 1 aliphatic carbocycles. The zero-order valence-electron chi connectivity index (χ0n) is 18.6. The Hall–Kier alpha value is -0.120. The van der Waals surface area contributed by atoms with E-state index in [-0.39, 0.29) is 0 Å². The third-order valence-corrected chi connectivity index (χ3v) is 6.79. The molecule has 0 aromatic rings. The Balaban J connectivity index is 1.77. The summed E-state index contributed by atoms with van der Waals surface area (Å²) >= 11 is 0. The van der Waals surface area contributed by atoms with Gasteiger partial charge < -0.3 is 14.2 Å². The molecule has 0 aromatic heterocycles. The van der Waals surface area contributed by atoms with E-state index in [2.05, 4.69) is 27.7 Å². The molecule has 160 valence electrons. The van der Waals surface area contributed by atoms with Gasteiger partial charge in [0.15, 0.2) is 5.79 Å². The molecule has 0 bridgehead atoms. The predicted octanol–water partition coefficient (Wildman–Crippen LogP) is 6.88. The van der Waals surface area contributed by atoms with Crippen LogP contribution in [0.25, 0.3) is 0 Å². The van der Waals surface area contributed by atoms with E-state index in [9.17, 15) is 0 Å². The van der Waals surface area contributed by atoms with Gasteiger partial charge in [-0.25, -0.2) is 0 Å². The average molecular weight is 383 g/mol. The minimum atomic E-state index is -0.413. The van der Waals surface area contributed by atoms with Crippen molar-refractivity contribution in [2.45, 2.75) is 129 Å². The first-order valence-electron chi connectivity index (χ1n) is 12.1. The summed E-state index contributed by atoms with van der Waals surface area (Å²) in [5, 5.41) is 0. The molecule has 1 heterocycles. The summed E-state index contributed by atoms with van der Waals surface area (Å²) in [7, 11) is 0. The van der Waals surface area contributed by atoms with Gasteiger partial charge in [-0.15, -0.1) is 0 Å². The number of ether oxygens (including phenoxy) is 3. The van der Waals surface area contributed by atoms with Crippen molar-refractivity contribution < 1.29 is 14.2 Å². The van der Waals surface area contributed by atoms with E-state index in [4.69, 9.17) is 14.2 Å². The molecule has 1 aliphatic heterocycles. The van der Waals surface area contributed by atoms with Gasteiger partial charge in [-0.1, -0.05) is 58.3 Å². The topological polar surface area (TPSA) is 31.0 Å². The minimum Gasteiger partial charge on any atom is -0.370 e. The van der Waals surface area contributed by atoms with Crippen LogP contribution in [0, 0.1) is 11.8 Å². The van der Waals surface area contributed by atoms with Crippen LogP contribution in [-0.2, 0) is 14.2 Å². The number of hydrogen-bond donors (Lipinski definition) is 0. The van der Waals surface area contributed by atoms with Crippen LogP contribution < -0.4 is 0 Å². The van der Waals surface area contributed by atoms with Gasteiger partial charge in [-0.3, -0.25) is 0 Å². The quantitative estimate of drug-likeness (QED) is 0.166. The third kappa shape index (κ3) is 8.03. The Morgan fingerprint density at radius 2 is 1.52 bits per heavy atom. The second-order valence-electron chi connectivity index (χ2n) is 8.96. The van der Waals surface area contributed by atoms with E-state index >= 15 is 0 Å². The van der Waals surface area contributed by atoms with Crippen LogP contribution in [-0.4, -0.2) is 31.2 Å². The summed E-state index contributed by atoms with van der Waals surface area (Å²) in [4.78, 5) is 0. The van der Waals surface area contributed by atoms with Crippen molar-refractivity contribution in [3.8, 4) is 0 Å². The van der Waals surface area contributed by atoms with Gasteiger partial charge in [0.2, 0.25) is 0 Å². The van der Waals surface area contributed by atoms with E-state index in [1.165, 1.54) is 83.5 Å². The van der Waals surface area contributed by atoms with Crippen LogP contribution in [0.5, 0.6) is 0 Å². The molecule has 1 saturated carbocycles. The molecule has 1 saturated heterocycles. The monoisotopic (exact) mass is 382 g/mol. The molecule has 0 spiro atoms. The fourth-order valence-electron chi connectivity index (χ4n) is 5.09. The van der Waals surface area contributed by atoms with E-state index < -0.39 is 5.79 Å². The van der Waals surface area contributed by atoms with Crippen LogP contribution in [0.1, 0.15) is 111 Å². The first-order chi connectivity index (χ1) is 13.1. The Morgan fingerprint density at radius 1 is 0.852 bits per heavy atom. The highest BCUT2D eigenvalue weighted by atomic mass is 16.7. The maximum atomic E-state index is 6.15. The Labute approximate surface area is 168 Å². The molecule has 4 unspecified atom stereocenters. The number of rotatable bonds is 16. The number of epoxide rings is 1. The largest absolute Gasteiger partial charge is 0.370 e. The molecule has 27 heavy (non-hydrogen) atoms. The lowest BCUT2D eigenvalue weighted by atomic mass is 9.82. The van der Waals surface area contributed by atoms with Crippen molar-refractivity contribution >= 4 is 0 Å². The first kappa shape index (κ1) is 23.2. The minimum absolute atomic E-state index is 0.413. The second-order valence-corrected chi connectivity index (χ2v) is 8.96. The Bertz CT molecular complexity index is 378. The summed E-state index contributed by atoms with van der Waals surface area (Å²) in [5.41, 5.74) is 0. The molecule has 0 N–H and O–H groups in total. The Kier molecular flexibility index (Phi) is 10.7. The molecular formula is C24H46O3. The molecule has 3 nitrogen and oxygen atoms in total. The van der Waals surface area contributed by atoms with Crippen molar-refractivity contribution in [2.75, 3.05) is 13.2 Å². The van der Waals surface area contributed by atoms with Crippen molar-refractivity contribution in [3.05, 3.63) is 0 Å². The molecule has 0 amide bonds. The average Bonchev–Trinajstić information content (AvgIpc) is 3.42. The van der Waals surface area contributed by atoms with Gasteiger partial charge in [-0.05, 0) is 58.8 Å². The predicted molar refractivity (Wildman–Crippen MR) is 113 cm³/mol. The molecule has 2 aliphatic rings. The summed E-state index contributed by atoms with van der Waals surface area (Å²) in [6.45, 7) is 10.1. The maximum Gasteiger partial charge on any atom is 0.168 e. The molecule has 3 heteroatoms. The lowest BCUT2D eigenvalue weighted by Crippen LogP contribution is -2.41. The first-order valence-corrected chi connectivity index (χ1v) is 12.1. The summed E-state index contributed by atoms with van der Waals surface area (Å²) in [5.74, 6) is 0.982. The van der Waals surface area contributed by atoms with Crippen LogP contribution in [0.2, 0.25) is 0 Å². The van der Waals surface area contributed by atoms with E-state index in [1.807, 2.05) is 0 Å². The van der Waals surface area contributed by atoms with Crippen molar-refractivity contribution in [3.63, 3.8) is 0 Å². The molecular weight excluding hydrogens is 336 g/mol. The van der Waals surface area contributed by atoms with Gasteiger partial charge in [0.25, 0.3) is 0 Å². The molecule has 4 atom stereocenters. The van der Waals surface area contributed by atoms with Gasteiger partial charge in [0.1, 0.15) is 0 Å². The SMILES string of the molecule is CCCCCCCCC(CCCC1CCC2OC2C1)C(C)(OCC)OCC. The van der Waals surface area contributed by atoms with E-state index in [0.717, 1.165) is 19.1 Å². The van der Waals surface area contributed by atoms with Crippen LogP contribution in [0.15, 0.2) is 0 Å². The zero-order valence-corrected chi connectivity index (χ0v) is 18.6. The number of fused-ring (bicyclic) bond motifs is 1. The van der Waals surface area contributed by atoms with E-state index in [1.54, 1.807) is 0 Å². The smallest absolute Gasteiger partial charge is 0.168 e. The summed E-state index contributed by atoms with van der Waals surface area (Å²) in [6, 6.07) is 0. The summed E-state index contributed by atoms with van der Waals surface area (Å²) < 4.78 is 18.0. The van der Waals surface area contributed by atoms with Gasteiger partial charge >= 0.3 is 0 Å². The normalized spacial score (nSPS) is 26.0. The zero-order chi connectivity index (χ0) is 19.5. The standard InChI is InChI=1S/C24H46O3/c1-5-8-9-10-11-12-15-21(24(4,25-6-2)26-7-3)16-13-14-20-17-18-22-23(19-20)27-22/h20-23H,5-19H2,1-4H3. The maximum absolute atomic E-state index is 6.15. The van der Waals surface area contributed by atoms with E-state index in [0.29, 0.717) is 18.1 Å². The third-order valence-electron chi connectivity index (χ3n) is 6.79. The molecule has 2 fully saturated rings. The molecule has 2 rings (SSSR count). The number of unbranched alkanes of at least 4 members (excludes halogenated alkanes) is 5. The van der Waals surface area contributed by atoms with Gasteiger partial charge in [0.05, 0.1) is 12.2 Å². The van der Waals surface area contributed by atoms with Gasteiger partial charge in [-0.2, -0.15) is 0 Å². The molecule has 0 radical (unpaired) electrons. The molecule has 0 aromatic carbocycles. The second kappa shape index (κ2) is 12.4. The van der Waals surface area contributed by atoms with Crippen LogP contribution >= 0.6 is 0 Å². The summed E-state index contributed by atoms with van der Waals surface area (Å²) in [6.07, 6.45) is 18.5. The highest BCUT2D eigenvalue weighted by molar-refractivity contribution is 4.91. The van der Waals surface area contributed by atoms with Crippen molar-refractivity contribution in [1.29, 1.82) is 0 Å².